The summed E-state index contributed by atoms with van der Waals surface area (Å²) in [5, 5.41) is 19.5. The van der Waals surface area contributed by atoms with E-state index in [1.165, 1.54) is 0 Å². The maximum Gasteiger partial charge on any atom is 0.320 e. The van der Waals surface area contributed by atoms with Gasteiger partial charge in [0.15, 0.2) is 0 Å². The fraction of sp³-hybridized carbons (Fsp3) is 0.750. The molecule has 0 heterocycles. The quantitative estimate of drug-likeness (QED) is 0.554. The first-order valence-corrected chi connectivity index (χ1v) is 4.17. The van der Waals surface area contributed by atoms with Gasteiger partial charge in [0.05, 0.1) is 6.54 Å². The van der Waals surface area contributed by atoms with Crippen LogP contribution in [0.25, 0.3) is 0 Å². The van der Waals surface area contributed by atoms with Crippen molar-refractivity contribution in [1.29, 1.82) is 0 Å². The van der Waals surface area contributed by atoms with Gasteiger partial charge < -0.3 is 10.2 Å². The molecule has 13 heavy (non-hydrogen) atoms. The zero-order valence-electron chi connectivity index (χ0n) is 7.78. The molecule has 5 heteroatoms. The Labute approximate surface area is 76.8 Å². The molecule has 1 unspecified atom stereocenters. The predicted molar refractivity (Wildman–Crippen MR) is 46.5 cm³/mol. The molecule has 0 aromatic carbocycles. The van der Waals surface area contributed by atoms with Crippen LogP contribution in [-0.2, 0) is 9.59 Å². The Morgan fingerprint density at radius 2 is 1.92 bits per heavy atom. The second-order valence-corrected chi connectivity index (χ2v) is 2.98. The van der Waals surface area contributed by atoms with Gasteiger partial charge in [-0.2, -0.15) is 0 Å². The van der Waals surface area contributed by atoms with Crippen LogP contribution >= 0.6 is 0 Å². The van der Waals surface area contributed by atoms with E-state index in [-0.39, 0.29) is 12.5 Å². The van der Waals surface area contributed by atoms with Gasteiger partial charge >= 0.3 is 11.9 Å². The van der Waals surface area contributed by atoms with Crippen LogP contribution < -0.4 is 5.32 Å². The number of nitrogens with one attached hydrogen (secondary N) is 1. The number of carbonyl (C=O) groups is 2. The largest absolute Gasteiger partial charge is 0.480 e. The van der Waals surface area contributed by atoms with Gasteiger partial charge in [0, 0.05) is 0 Å². The minimum atomic E-state index is -1.05. The summed E-state index contributed by atoms with van der Waals surface area (Å²) in [5.41, 5.74) is 0. The first-order chi connectivity index (χ1) is 5.99. The van der Waals surface area contributed by atoms with Crippen molar-refractivity contribution in [3.63, 3.8) is 0 Å². The fourth-order valence-corrected chi connectivity index (χ4v) is 0.965. The first kappa shape index (κ1) is 11.9. The average Bonchev–Trinajstić information content (AvgIpc) is 2.03. The van der Waals surface area contributed by atoms with Crippen molar-refractivity contribution in [3.8, 4) is 0 Å². The SMILES string of the molecule is CCC(C)[C@H](NCC(=O)O)C(=O)O. The van der Waals surface area contributed by atoms with Gasteiger partial charge in [-0.05, 0) is 5.92 Å². The number of aliphatic carboxylic acids is 2. The molecule has 0 bridgehead atoms. The Bertz CT molecular complexity index is 193. The average molecular weight is 189 g/mol. The van der Waals surface area contributed by atoms with E-state index in [2.05, 4.69) is 5.32 Å². The molecule has 0 amide bonds. The number of hydrogen-bond donors (Lipinski definition) is 3. The summed E-state index contributed by atoms with van der Waals surface area (Å²) in [6.45, 7) is 3.32. The summed E-state index contributed by atoms with van der Waals surface area (Å²) >= 11 is 0. The Morgan fingerprint density at radius 1 is 1.38 bits per heavy atom. The fourth-order valence-electron chi connectivity index (χ4n) is 0.965. The van der Waals surface area contributed by atoms with Gasteiger partial charge in [0.2, 0.25) is 0 Å². The Balaban J connectivity index is 4.10. The smallest absolute Gasteiger partial charge is 0.320 e. The minimum absolute atomic E-state index is 0.0724. The van der Waals surface area contributed by atoms with E-state index in [1.54, 1.807) is 6.92 Å². The van der Waals surface area contributed by atoms with E-state index < -0.39 is 18.0 Å². The van der Waals surface area contributed by atoms with Crippen LogP contribution in [0.5, 0.6) is 0 Å². The summed E-state index contributed by atoms with van der Waals surface area (Å²) in [4.78, 5) is 20.8. The summed E-state index contributed by atoms with van der Waals surface area (Å²) in [7, 11) is 0. The van der Waals surface area contributed by atoms with Crippen LogP contribution in [0, 0.1) is 5.92 Å². The minimum Gasteiger partial charge on any atom is -0.480 e. The lowest BCUT2D eigenvalue weighted by atomic mass is 9.99. The lowest BCUT2D eigenvalue weighted by Gasteiger charge is -2.18. The maximum atomic E-state index is 10.7. The topological polar surface area (TPSA) is 86.6 Å². The van der Waals surface area contributed by atoms with Crippen molar-refractivity contribution < 1.29 is 19.8 Å². The lowest BCUT2D eigenvalue weighted by Crippen LogP contribution is -2.43. The van der Waals surface area contributed by atoms with E-state index in [9.17, 15) is 9.59 Å². The number of carboxylic acids is 2. The van der Waals surface area contributed by atoms with Crippen molar-refractivity contribution in [3.05, 3.63) is 0 Å². The van der Waals surface area contributed by atoms with Crippen molar-refractivity contribution in [2.24, 2.45) is 5.92 Å². The number of rotatable bonds is 6. The highest BCUT2D eigenvalue weighted by Crippen LogP contribution is 2.07. The summed E-state index contributed by atoms with van der Waals surface area (Å²) in [6, 6.07) is -0.777. The highest BCUT2D eigenvalue weighted by atomic mass is 16.4. The first-order valence-electron chi connectivity index (χ1n) is 4.17. The molecule has 0 saturated heterocycles. The van der Waals surface area contributed by atoms with Crippen molar-refractivity contribution in [2.45, 2.75) is 26.3 Å². The summed E-state index contributed by atoms with van der Waals surface area (Å²) in [6.07, 6.45) is 0.698. The molecule has 2 atom stereocenters. The normalized spacial score (nSPS) is 14.9. The van der Waals surface area contributed by atoms with Gasteiger partial charge in [-0.1, -0.05) is 20.3 Å². The number of carboxylic acid groups (broad SMARTS) is 2. The summed E-state index contributed by atoms with van der Waals surface area (Å²) < 4.78 is 0. The van der Waals surface area contributed by atoms with Crippen molar-refractivity contribution in [1.82, 2.24) is 5.32 Å². The molecule has 0 spiro atoms. The van der Waals surface area contributed by atoms with Crippen LogP contribution in [0.15, 0.2) is 0 Å². The third kappa shape index (κ3) is 4.47. The third-order valence-electron chi connectivity index (χ3n) is 1.95. The molecule has 0 saturated carbocycles. The monoisotopic (exact) mass is 189 g/mol. The molecular formula is C8H15NO4. The van der Waals surface area contributed by atoms with Crippen molar-refractivity contribution in [2.75, 3.05) is 6.54 Å². The third-order valence-corrected chi connectivity index (χ3v) is 1.95. The summed E-state index contributed by atoms with van der Waals surface area (Å²) in [5.74, 6) is -2.12. The Kier molecular flexibility index (Phi) is 5.06. The highest BCUT2D eigenvalue weighted by Gasteiger charge is 2.23. The van der Waals surface area contributed by atoms with E-state index in [1.807, 2.05) is 6.92 Å². The second kappa shape index (κ2) is 5.53. The molecule has 0 rings (SSSR count). The van der Waals surface area contributed by atoms with Gasteiger partial charge in [-0.3, -0.25) is 14.9 Å². The molecule has 0 aromatic heterocycles. The van der Waals surface area contributed by atoms with Crippen LogP contribution in [0.2, 0.25) is 0 Å². The molecule has 0 aromatic rings. The molecular weight excluding hydrogens is 174 g/mol. The van der Waals surface area contributed by atoms with Gasteiger partial charge in [-0.25, -0.2) is 0 Å². The van der Waals surface area contributed by atoms with Crippen LogP contribution in [0.1, 0.15) is 20.3 Å². The Hall–Kier alpha value is -1.10. The zero-order valence-corrected chi connectivity index (χ0v) is 7.78. The molecule has 0 aliphatic carbocycles. The molecule has 0 aliphatic rings. The molecule has 3 N–H and O–H groups in total. The standard InChI is InChI=1S/C8H15NO4/c1-3-5(2)7(8(12)13)9-4-6(10)11/h5,7,9H,3-4H2,1-2H3,(H,10,11)(H,12,13)/t5?,7-/m0/s1. The Morgan fingerprint density at radius 3 is 2.23 bits per heavy atom. The van der Waals surface area contributed by atoms with Crippen molar-refractivity contribution >= 4 is 11.9 Å². The zero-order chi connectivity index (χ0) is 10.4. The second-order valence-electron chi connectivity index (χ2n) is 2.98. The van der Waals surface area contributed by atoms with Gasteiger partial charge in [0.25, 0.3) is 0 Å². The molecule has 0 fully saturated rings. The maximum absolute atomic E-state index is 10.7. The van der Waals surface area contributed by atoms with E-state index >= 15 is 0 Å². The van der Waals surface area contributed by atoms with E-state index in [0.29, 0.717) is 6.42 Å². The molecule has 76 valence electrons. The lowest BCUT2D eigenvalue weighted by molar-refractivity contribution is -0.141. The van der Waals surface area contributed by atoms with Crippen LogP contribution in [0.3, 0.4) is 0 Å². The molecule has 0 aliphatic heterocycles. The van der Waals surface area contributed by atoms with E-state index in [4.69, 9.17) is 10.2 Å². The molecule has 0 radical (unpaired) electrons. The predicted octanol–water partition coefficient (Wildman–Crippen LogP) is 0.160. The van der Waals surface area contributed by atoms with E-state index in [0.717, 1.165) is 0 Å². The van der Waals surface area contributed by atoms with Crippen LogP contribution in [0.4, 0.5) is 0 Å². The van der Waals surface area contributed by atoms with Gasteiger partial charge in [0.1, 0.15) is 6.04 Å². The molecule has 5 nitrogen and oxygen atoms in total. The number of hydrogen-bond acceptors (Lipinski definition) is 3. The van der Waals surface area contributed by atoms with Gasteiger partial charge in [-0.15, -0.1) is 0 Å². The van der Waals surface area contributed by atoms with Crippen LogP contribution in [-0.4, -0.2) is 34.7 Å². The highest BCUT2D eigenvalue weighted by molar-refractivity contribution is 5.75.